The third kappa shape index (κ3) is 5.06. The van der Waals surface area contributed by atoms with Crippen molar-refractivity contribution in [3.05, 3.63) is 28.7 Å². The van der Waals surface area contributed by atoms with Crippen LogP contribution in [0.15, 0.2) is 28.7 Å². The summed E-state index contributed by atoms with van der Waals surface area (Å²) in [6.07, 6.45) is -0.227. The summed E-state index contributed by atoms with van der Waals surface area (Å²) in [6.45, 7) is 3.68. The highest BCUT2D eigenvalue weighted by molar-refractivity contribution is 9.10. The molecule has 17 heavy (non-hydrogen) atoms. The third-order valence-corrected chi connectivity index (χ3v) is 4.16. The van der Waals surface area contributed by atoms with Crippen LogP contribution in [0.4, 0.5) is 0 Å². The van der Waals surface area contributed by atoms with E-state index in [0.29, 0.717) is 5.75 Å². The number of rotatable bonds is 6. The van der Waals surface area contributed by atoms with Crippen molar-refractivity contribution >= 4 is 26.0 Å². The van der Waals surface area contributed by atoms with Crippen LogP contribution in [0.25, 0.3) is 0 Å². The van der Waals surface area contributed by atoms with Gasteiger partial charge in [0, 0.05) is 6.54 Å². The highest BCUT2D eigenvalue weighted by Crippen LogP contribution is 2.24. The monoisotopic (exact) mass is 321 g/mol. The van der Waals surface area contributed by atoms with Crippen molar-refractivity contribution in [2.24, 2.45) is 0 Å². The van der Waals surface area contributed by atoms with Gasteiger partial charge in [-0.3, -0.25) is 0 Å². The lowest BCUT2D eigenvalue weighted by atomic mass is 10.3. The number of ether oxygens (including phenoxy) is 1. The molecule has 4 nitrogen and oxygen atoms in total. The Morgan fingerprint density at radius 3 is 2.65 bits per heavy atom. The highest BCUT2D eigenvalue weighted by atomic mass is 79.9. The number of hydrogen-bond donors (Lipinski definition) is 1. The molecule has 0 bridgehead atoms. The van der Waals surface area contributed by atoms with Gasteiger partial charge in [-0.25, -0.2) is 13.1 Å². The van der Waals surface area contributed by atoms with Crippen LogP contribution in [0.1, 0.15) is 13.8 Å². The molecule has 1 rings (SSSR count). The van der Waals surface area contributed by atoms with E-state index in [0.717, 1.165) is 4.47 Å². The Hall–Kier alpha value is -0.590. The summed E-state index contributed by atoms with van der Waals surface area (Å²) in [4.78, 5) is 0. The minimum atomic E-state index is -3.16. The Labute approximate surface area is 111 Å². The molecule has 0 amide bonds. The van der Waals surface area contributed by atoms with Gasteiger partial charge in [-0.15, -0.1) is 0 Å². The minimum absolute atomic E-state index is 0.0781. The SMILES string of the molecule is CCS(=O)(=O)NCC(C)Oc1ccccc1Br. The van der Waals surface area contributed by atoms with E-state index in [2.05, 4.69) is 20.7 Å². The van der Waals surface area contributed by atoms with Gasteiger partial charge < -0.3 is 4.74 Å². The van der Waals surface area contributed by atoms with E-state index in [1.807, 2.05) is 31.2 Å². The number of halogens is 1. The first-order valence-electron chi connectivity index (χ1n) is 5.33. The number of sulfonamides is 1. The summed E-state index contributed by atoms with van der Waals surface area (Å²) in [6, 6.07) is 7.46. The normalized spacial score (nSPS) is 13.4. The van der Waals surface area contributed by atoms with E-state index >= 15 is 0 Å². The van der Waals surface area contributed by atoms with E-state index in [-0.39, 0.29) is 18.4 Å². The zero-order chi connectivity index (χ0) is 12.9. The molecule has 96 valence electrons. The molecule has 6 heteroatoms. The summed E-state index contributed by atoms with van der Waals surface area (Å²) in [5, 5.41) is 0. The number of para-hydroxylation sites is 1. The Bertz CT molecular complexity index is 462. The molecule has 0 heterocycles. The maximum atomic E-state index is 11.2. The van der Waals surface area contributed by atoms with Crippen molar-refractivity contribution < 1.29 is 13.2 Å². The summed E-state index contributed by atoms with van der Waals surface area (Å²) in [5.74, 6) is 0.782. The van der Waals surface area contributed by atoms with Gasteiger partial charge in [0.1, 0.15) is 11.9 Å². The predicted molar refractivity (Wildman–Crippen MR) is 71.7 cm³/mol. The lowest BCUT2D eigenvalue weighted by Crippen LogP contribution is -2.34. The fourth-order valence-electron chi connectivity index (χ4n) is 1.15. The van der Waals surface area contributed by atoms with E-state index < -0.39 is 10.0 Å². The summed E-state index contributed by atoms with van der Waals surface area (Å²) >= 11 is 3.37. The largest absolute Gasteiger partial charge is 0.488 e. The van der Waals surface area contributed by atoms with Gasteiger partial charge in [0.25, 0.3) is 0 Å². The van der Waals surface area contributed by atoms with Crippen molar-refractivity contribution in [1.29, 1.82) is 0 Å². The molecule has 0 saturated heterocycles. The Kier molecular flexibility index (Phi) is 5.42. The molecule has 0 fully saturated rings. The third-order valence-electron chi connectivity index (χ3n) is 2.14. The second kappa shape index (κ2) is 6.37. The molecule has 1 unspecified atom stereocenters. The maximum Gasteiger partial charge on any atom is 0.211 e. The first-order valence-corrected chi connectivity index (χ1v) is 7.77. The minimum Gasteiger partial charge on any atom is -0.488 e. The Morgan fingerprint density at radius 2 is 2.06 bits per heavy atom. The van der Waals surface area contributed by atoms with Crippen LogP contribution in [0.2, 0.25) is 0 Å². The molecule has 0 aliphatic carbocycles. The first-order chi connectivity index (χ1) is 7.94. The van der Waals surface area contributed by atoms with Gasteiger partial charge in [0.2, 0.25) is 10.0 Å². The van der Waals surface area contributed by atoms with Gasteiger partial charge in [-0.1, -0.05) is 12.1 Å². The van der Waals surface area contributed by atoms with Crippen LogP contribution in [0, 0.1) is 0 Å². The van der Waals surface area contributed by atoms with Crippen LogP contribution < -0.4 is 9.46 Å². The van der Waals surface area contributed by atoms with E-state index in [1.165, 1.54) is 0 Å². The summed E-state index contributed by atoms with van der Waals surface area (Å²) in [7, 11) is -3.16. The van der Waals surface area contributed by atoms with Crippen molar-refractivity contribution in [3.63, 3.8) is 0 Å². The zero-order valence-electron chi connectivity index (χ0n) is 9.81. The molecular formula is C11H16BrNO3S. The van der Waals surface area contributed by atoms with E-state index in [4.69, 9.17) is 4.74 Å². The number of hydrogen-bond acceptors (Lipinski definition) is 3. The lowest BCUT2D eigenvalue weighted by molar-refractivity contribution is 0.223. The van der Waals surface area contributed by atoms with Gasteiger partial charge in [-0.2, -0.15) is 0 Å². The standard InChI is InChI=1S/C11H16BrNO3S/c1-3-17(14,15)13-8-9(2)16-11-7-5-4-6-10(11)12/h4-7,9,13H,3,8H2,1-2H3. The topological polar surface area (TPSA) is 55.4 Å². The zero-order valence-corrected chi connectivity index (χ0v) is 12.2. The molecule has 0 aliphatic rings. The van der Waals surface area contributed by atoms with Gasteiger partial charge in [-0.05, 0) is 41.9 Å². The van der Waals surface area contributed by atoms with Crippen LogP contribution in [-0.2, 0) is 10.0 Å². The smallest absolute Gasteiger partial charge is 0.211 e. The van der Waals surface area contributed by atoms with Crippen LogP contribution in [-0.4, -0.2) is 26.8 Å². The molecule has 1 N–H and O–H groups in total. The Balaban J connectivity index is 2.51. The average molecular weight is 322 g/mol. The van der Waals surface area contributed by atoms with Gasteiger partial charge in [0.05, 0.1) is 10.2 Å². The van der Waals surface area contributed by atoms with E-state index in [1.54, 1.807) is 6.92 Å². The van der Waals surface area contributed by atoms with Gasteiger partial charge >= 0.3 is 0 Å². The molecule has 0 radical (unpaired) electrons. The molecule has 0 spiro atoms. The molecule has 1 aromatic carbocycles. The number of nitrogens with one attached hydrogen (secondary N) is 1. The average Bonchev–Trinajstić information content (AvgIpc) is 2.30. The molecule has 0 aliphatic heterocycles. The second-order valence-corrected chi connectivity index (χ2v) is 6.56. The molecule has 0 saturated carbocycles. The van der Waals surface area contributed by atoms with Gasteiger partial charge in [0.15, 0.2) is 0 Å². The van der Waals surface area contributed by atoms with Crippen LogP contribution >= 0.6 is 15.9 Å². The van der Waals surface area contributed by atoms with E-state index in [9.17, 15) is 8.42 Å². The van der Waals surface area contributed by atoms with Crippen molar-refractivity contribution in [3.8, 4) is 5.75 Å². The number of benzene rings is 1. The second-order valence-electron chi connectivity index (χ2n) is 3.61. The summed E-state index contributed by atoms with van der Waals surface area (Å²) < 4.78 is 31.4. The lowest BCUT2D eigenvalue weighted by Gasteiger charge is -2.16. The maximum absolute atomic E-state index is 11.2. The van der Waals surface area contributed by atoms with Crippen molar-refractivity contribution in [2.75, 3.05) is 12.3 Å². The van der Waals surface area contributed by atoms with Crippen LogP contribution in [0.3, 0.4) is 0 Å². The predicted octanol–water partition coefficient (Wildman–Crippen LogP) is 2.16. The van der Waals surface area contributed by atoms with Crippen LogP contribution in [0.5, 0.6) is 5.75 Å². The van der Waals surface area contributed by atoms with Crippen molar-refractivity contribution in [2.45, 2.75) is 20.0 Å². The first kappa shape index (κ1) is 14.5. The summed E-state index contributed by atoms with van der Waals surface area (Å²) in [5.41, 5.74) is 0. The highest BCUT2D eigenvalue weighted by Gasteiger charge is 2.11. The molecule has 1 atom stereocenters. The molecular weight excluding hydrogens is 306 g/mol. The fraction of sp³-hybridized carbons (Fsp3) is 0.455. The molecule has 1 aromatic rings. The fourth-order valence-corrected chi connectivity index (χ4v) is 2.22. The van der Waals surface area contributed by atoms with Crippen molar-refractivity contribution in [1.82, 2.24) is 4.72 Å². The quantitative estimate of drug-likeness (QED) is 0.873. The Morgan fingerprint density at radius 1 is 1.41 bits per heavy atom. The molecule has 0 aromatic heterocycles.